The number of hydrogen-bond acceptors (Lipinski definition) is 8. The molecular formula is C20H21N5O3S. The lowest BCUT2D eigenvalue weighted by Gasteiger charge is -2.15. The van der Waals surface area contributed by atoms with Gasteiger partial charge in [0.05, 0.1) is 26.0 Å². The van der Waals surface area contributed by atoms with Crippen molar-refractivity contribution >= 4 is 22.4 Å². The van der Waals surface area contributed by atoms with E-state index in [1.165, 1.54) is 11.3 Å². The highest BCUT2D eigenvalue weighted by Gasteiger charge is 2.32. The molecule has 8 nitrogen and oxygen atoms in total. The first-order valence-corrected chi connectivity index (χ1v) is 9.96. The van der Waals surface area contributed by atoms with Crippen LogP contribution in [0.5, 0.6) is 11.5 Å². The molecule has 3 aromatic rings. The van der Waals surface area contributed by atoms with Gasteiger partial charge in [0.15, 0.2) is 5.13 Å². The van der Waals surface area contributed by atoms with Gasteiger partial charge in [-0.15, -0.1) is 11.3 Å². The van der Waals surface area contributed by atoms with Crippen LogP contribution in [-0.4, -0.2) is 36.1 Å². The summed E-state index contributed by atoms with van der Waals surface area (Å²) in [6.45, 7) is 0. The number of nitrogens with zero attached hydrogens (tertiary/aromatic N) is 2. The molecule has 0 bridgehead atoms. The van der Waals surface area contributed by atoms with Crippen LogP contribution >= 0.6 is 11.3 Å². The summed E-state index contributed by atoms with van der Waals surface area (Å²) in [6, 6.07) is 10.8. The van der Waals surface area contributed by atoms with E-state index in [4.69, 9.17) is 9.47 Å². The van der Waals surface area contributed by atoms with E-state index < -0.39 is 6.04 Å². The molecule has 0 spiro atoms. The number of amides is 1. The van der Waals surface area contributed by atoms with E-state index in [-0.39, 0.29) is 11.9 Å². The van der Waals surface area contributed by atoms with Crippen molar-refractivity contribution in [1.82, 2.24) is 20.8 Å². The number of anilines is 1. The molecular weight excluding hydrogens is 390 g/mol. The lowest BCUT2D eigenvalue weighted by Crippen LogP contribution is -2.39. The largest absolute Gasteiger partial charge is 0.497 e. The summed E-state index contributed by atoms with van der Waals surface area (Å²) in [5.41, 5.74) is 8.71. The van der Waals surface area contributed by atoms with Gasteiger partial charge >= 0.3 is 0 Å². The van der Waals surface area contributed by atoms with Crippen molar-refractivity contribution in [2.45, 2.75) is 18.5 Å². The highest BCUT2D eigenvalue weighted by molar-refractivity contribution is 7.14. The molecule has 0 aliphatic carbocycles. The van der Waals surface area contributed by atoms with Crippen LogP contribution in [0.25, 0.3) is 11.4 Å². The normalized spacial score (nSPS) is 18.4. The average Bonchev–Trinajstić information content (AvgIpc) is 3.44. The van der Waals surface area contributed by atoms with Gasteiger partial charge in [0.2, 0.25) is 5.91 Å². The highest BCUT2D eigenvalue weighted by Crippen LogP contribution is 2.33. The number of carbonyl (C=O) groups is 1. The van der Waals surface area contributed by atoms with Crippen LogP contribution in [0.4, 0.5) is 5.13 Å². The second-order valence-electron chi connectivity index (χ2n) is 6.48. The summed E-state index contributed by atoms with van der Waals surface area (Å²) < 4.78 is 10.7. The van der Waals surface area contributed by atoms with Crippen LogP contribution in [0.3, 0.4) is 0 Å². The number of rotatable bonds is 6. The van der Waals surface area contributed by atoms with Crippen LogP contribution < -0.4 is 25.6 Å². The standard InChI is InChI=1S/C20H21N5O3S/c1-27-12-6-7-13(18(9-12)28-2)15-10-16(25-24-15)19(26)23-20-22-17(11-29-20)14-5-3-4-8-21-14/h3-9,11,15-16,24-25H,10H2,1-2H3,(H,22,23,26). The van der Waals surface area contributed by atoms with Crippen LogP contribution in [0.15, 0.2) is 48.0 Å². The Morgan fingerprint density at radius 1 is 1.17 bits per heavy atom. The van der Waals surface area contributed by atoms with Gasteiger partial charge in [-0.3, -0.25) is 9.78 Å². The molecule has 150 valence electrons. The van der Waals surface area contributed by atoms with E-state index in [0.717, 1.165) is 22.7 Å². The monoisotopic (exact) mass is 411 g/mol. The van der Waals surface area contributed by atoms with Gasteiger partial charge in [-0.1, -0.05) is 12.1 Å². The molecule has 2 aromatic heterocycles. The van der Waals surface area contributed by atoms with Crippen molar-refractivity contribution < 1.29 is 14.3 Å². The van der Waals surface area contributed by atoms with Crippen molar-refractivity contribution in [3.8, 4) is 22.9 Å². The molecule has 1 fully saturated rings. The fraction of sp³-hybridized carbons (Fsp3) is 0.250. The first kappa shape index (κ1) is 19.3. The molecule has 1 saturated heterocycles. The molecule has 3 N–H and O–H groups in total. The van der Waals surface area contributed by atoms with E-state index in [1.54, 1.807) is 20.4 Å². The summed E-state index contributed by atoms with van der Waals surface area (Å²) in [7, 11) is 3.23. The van der Waals surface area contributed by atoms with Crippen molar-refractivity contribution in [2.24, 2.45) is 0 Å². The van der Waals surface area contributed by atoms with E-state index >= 15 is 0 Å². The predicted octanol–water partition coefficient (Wildman–Crippen LogP) is 2.77. The minimum atomic E-state index is -0.394. The lowest BCUT2D eigenvalue weighted by atomic mass is 10.0. The summed E-state index contributed by atoms with van der Waals surface area (Å²) in [5.74, 6) is 1.29. The maximum Gasteiger partial charge on any atom is 0.244 e. The first-order chi connectivity index (χ1) is 14.2. The number of pyridine rings is 1. The van der Waals surface area contributed by atoms with Gasteiger partial charge in [0.25, 0.3) is 0 Å². The second-order valence-corrected chi connectivity index (χ2v) is 7.34. The smallest absolute Gasteiger partial charge is 0.244 e. The summed E-state index contributed by atoms with van der Waals surface area (Å²) in [5, 5.41) is 5.30. The fourth-order valence-electron chi connectivity index (χ4n) is 3.19. The summed E-state index contributed by atoms with van der Waals surface area (Å²) in [6.07, 6.45) is 2.29. The van der Waals surface area contributed by atoms with Gasteiger partial charge in [0.1, 0.15) is 23.2 Å². The summed E-state index contributed by atoms with van der Waals surface area (Å²) >= 11 is 1.37. The van der Waals surface area contributed by atoms with Crippen molar-refractivity contribution in [2.75, 3.05) is 19.5 Å². The predicted molar refractivity (Wildman–Crippen MR) is 111 cm³/mol. The second kappa shape index (κ2) is 8.56. The third-order valence-electron chi connectivity index (χ3n) is 4.70. The van der Waals surface area contributed by atoms with Crippen molar-refractivity contribution in [1.29, 1.82) is 0 Å². The summed E-state index contributed by atoms with van der Waals surface area (Å²) in [4.78, 5) is 21.4. The number of ether oxygens (including phenoxy) is 2. The maximum absolute atomic E-state index is 12.7. The zero-order valence-electron chi connectivity index (χ0n) is 16.0. The van der Waals surface area contributed by atoms with Gasteiger partial charge in [-0.25, -0.2) is 15.8 Å². The van der Waals surface area contributed by atoms with E-state index in [1.807, 2.05) is 41.8 Å². The lowest BCUT2D eigenvalue weighted by molar-refractivity contribution is -0.117. The molecule has 29 heavy (non-hydrogen) atoms. The number of aromatic nitrogens is 2. The molecule has 1 aliphatic heterocycles. The Bertz CT molecular complexity index is 995. The van der Waals surface area contributed by atoms with Gasteiger partial charge in [-0.05, 0) is 24.6 Å². The number of nitrogens with one attached hydrogen (secondary N) is 3. The topological polar surface area (TPSA) is 97.4 Å². The molecule has 0 radical (unpaired) electrons. The van der Waals surface area contributed by atoms with Gasteiger partial charge in [-0.2, -0.15) is 0 Å². The molecule has 4 rings (SSSR count). The molecule has 1 aromatic carbocycles. The van der Waals surface area contributed by atoms with Crippen LogP contribution in [0.1, 0.15) is 18.0 Å². The maximum atomic E-state index is 12.7. The molecule has 3 heterocycles. The van der Waals surface area contributed by atoms with Crippen LogP contribution in [0, 0.1) is 0 Å². The number of thiazole rings is 1. The molecule has 2 atom stereocenters. The zero-order chi connectivity index (χ0) is 20.2. The SMILES string of the molecule is COc1ccc(C2CC(C(=O)Nc3nc(-c4ccccn4)cs3)NN2)c(OC)c1. The van der Waals surface area contributed by atoms with Crippen molar-refractivity contribution in [3.05, 3.63) is 53.5 Å². The van der Waals surface area contributed by atoms with Crippen LogP contribution in [0.2, 0.25) is 0 Å². The Morgan fingerprint density at radius 3 is 2.83 bits per heavy atom. The fourth-order valence-corrected chi connectivity index (χ4v) is 3.90. The number of benzene rings is 1. The van der Waals surface area contributed by atoms with E-state index in [9.17, 15) is 4.79 Å². The molecule has 2 unspecified atom stereocenters. The highest BCUT2D eigenvalue weighted by atomic mass is 32.1. The molecule has 0 saturated carbocycles. The average molecular weight is 411 g/mol. The van der Waals surface area contributed by atoms with Crippen molar-refractivity contribution in [3.63, 3.8) is 0 Å². The first-order valence-electron chi connectivity index (χ1n) is 9.08. The quantitative estimate of drug-likeness (QED) is 0.574. The number of carbonyl (C=O) groups excluding carboxylic acids is 1. The molecule has 1 aliphatic rings. The van der Waals surface area contributed by atoms with E-state index in [2.05, 4.69) is 26.1 Å². The number of hydrogen-bond donors (Lipinski definition) is 3. The van der Waals surface area contributed by atoms with Gasteiger partial charge < -0.3 is 14.8 Å². The molecule has 1 amide bonds. The Morgan fingerprint density at radius 2 is 2.07 bits per heavy atom. The minimum Gasteiger partial charge on any atom is -0.497 e. The third kappa shape index (κ3) is 4.21. The molecule has 9 heteroatoms. The minimum absolute atomic E-state index is 0.0630. The van der Waals surface area contributed by atoms with Gasteiger partial charge in [0, 0.05) is 23.2 Å². The Hall–Kier alpha value is -3.01. The Labute approximate surface area is 172 Å². The van der Waals surface area contributed by atoms with E-state index in [0.29, 0.717) is 17.3 Å². The Balaban J connectivity index is 1.41. The van der Waals surface area contributed by atoms with Crippen LogP contribution in [-0.2, 0) is 4.79 Å². The number of methoxy groups -OCH3 is 2. The number of hydrazine groups is 1. The zero-order valence-corrected chi connectivity index (χ0v) is 16.8. The third-order valence-corrected chi connectivity index (χ3v) is 5.46. The Kier molecular flexibility index (Phi) is 5.70.